The molecule has 0 heterocycles. The summed E-state index contributed by atoms with van der Waals surface area (Å²) < 4.78 is 58.1. The quantitative estimate of drug-likeness (QED) is 0.214. The lowest BCUT2D eigenvalue weighted by Crippen LogP contribution is -2.33. The maximum absolute atomic E-state index is 12.6. The summed E-state index contributed by atoms with van der Waals surface area (Å²) in [7, 11) is 0. The molecule has 0 bridgehead atoms. The lowest BCUT2D eigenvalue weighted by Gasteiger charge is -2.15. The Bertz CT molecular complexity index is 400. The number of esters is 2. The Morgan fingerprint density at radius 2 is 1.75 bits per heavy atom. The van der Waals surface area contributed by atoms with E-state index in [1.165, 1.54) is 6.08 Å². The van der Waals surface area contributed by atoms with Gasteiger partial charge in [-0.05, 0) is 19.3 Å². The van der Waals surface area contributed by atoms with Crippen LogP contribution in [0.5, 0.6) is 0 Å². The Balaban J connectivity index is 3.94. The maximum Gasteiger partial charge on any atom is 0.340 e. The van der Waals surface area contributed by atoms with E-state index >= 15 is 0 Å². The largest absolute Gasteiger partial charge is 0.459 e. The van der Waals surface area contributed by atoms with E-state index in [2.05, 4.69) is 11.3 Å². The van der Waals surface area contributed by atoms with Crippen molar-refractivity contribution in [2.75, 3.05) is 6.61 Å². The molecule has 0 fully saturated rings. The zero-order valence-electron chi connectivity index (χ0n) is 13.7. The number of unbranched alkanes of at least 4 members (excludes halogenated alkanes) is 2. The number of hydrogen-bond donors (Lipinski definition) is 0. The minimum atomic E-state index is -4.37. The average molecular weight is 356 g/mol. The van der Waals surface area contributed by atoms with Crippen molar-refractivity contribution in [1.29, 1.82) is 0 Å². The van der Waals surface area contributed by atoms with Gasteiger partial charge in [-0.1, -0.05) is 32.4 Å². The van der Waals surface area contributed by atoms with Gasteiger partial charge in [-0.2, -0.15) is 8.78 Å². The topological polar surface area (TPSA) is 52.6 Å². The summed E-state index contributed by atoms with van der Waals surface area (Å²) >= 11 is 0. The van der Waals surface area contributed by atoms with E-state index in [9.17, 15) is 27.2 Å². The molecule has 0 spiro atoms. The molecule has 4 nitrogen and oxygen atoms in total. The molecule has 0 aliphatic rings. The van der Waals surface area contributed by atoms with E-state index in [1.807, 2.05) is 6.92 Å². The first-order valence-electron chi connectivity index (χ1n) is 7.86. The minimum Gasteiger partial charge on any atom is -0.459 e. The van der Waals surface area contributed by atoms with Crippen LogP contribution in [0.3, 0.4) is 0 Å². The molecular formula is C16H24F4O4. The third kappa shape index (κ3) is 10.2. The van der Waals surface area contributed by atoms with Crippen LogP contribution >= 0.6 is 0 Å². The van der Waals surface area contributed by atoms with E-state index in [0.717, 1.165) is 19.3 Å². The van der Waals surface area contributed by atoms with E-state index < -0.39 is 37.0 Å². The van der Waals surface area contributed by atoms with E-state index in [-0.39, 0.29) is 19.3 Å². The second kappa shape index (κ2) is 11.9. The summed E-state index contributed by atoms with van der Waals surface area (Å²) in [6.45, 7) is 3.95. The number of rotatable bonds is 13. The Labute approximate surface area is 139 Å². The third-order valence-corrected chi connectivity index (χ3v) is 3.14. The Hall–Kier alpha value is -1.60. The van der Waals surface area contributed by atoms with Crippen LogP contribution in [0.25, 0.3) is 0 Å². The molecule has 0 amide bonds. The standard InChI is InChI=1S/C16H24F4O4/c1-3-5-6-8-12(4-2)24-14(22)10-7-9-13(21)23-11-16(19,20)15(17)18/h4,12,15H,2-3,5-11H2,1H3. The highest BCUT2D eigenvalue weighted by Crippen LogP contribution is 2.23. The monoisotopic (exact) mass is 356 g/mol. The second-order valence-corrected chi connectivity index (χ2v) is 5.34. The minimum absolute atomic E-state index is 0.0245. The molecule has 0 aliphatic carbocycles. The van der Waals surface area contributed by atoms with Crippen molar-refractivity contribution in [3.05, 3.63) is 12.7 Å². The fourth-order valence-electron chi connectivity index (χ4n) is 1.74. The molecule has 0 saturated carbocycles. The Morgan fingerprint density at radius 1 is 1.12 bits per heavy atom. The van der Waals surface area contributed by atoms with Crippen LogP contribution < -0.4 is 0 Å². The fraction of sp³-hybridized carbons (Fsp3) is 0.750. The van der Waals surface area contributed by atoms with Gasteiger partial charge in [0.15, 0.2) is 6.61 Å². The van der Waals surface area contributed by atoms with Gasteiger partial charge in [0.2, 0.25) is 0 Å². The number of carbonyl (C=O) groups is 2. The third-order valence-electron chi connectivity index (χ3n) is 3.14. The van der Waals surface area contributed by atoms with E-state index in [1.54, 1.807) is 0 Å². The number of alkyl halides is 4. The van der Waals surface area contributed by atoms with Gasteiger partial charge in [-0.15, -0.1) is 0 Å². The van der Waals surface area contributed by atoms with Gasteiger partial charge in [0.25, 0.3) is 0 Å². The van der Waals surface area contributed by atoms with Crippen molar-refractivity contribution in [2.45, 2.75) is 70.3 Å². The number of hydrogen-bond acceptors (Lipinski definition) is 4. The number of carbonyl (C=O) groups excluding carboxylic acids is 2. The van der Waals surface area contributed by atoms with Gasteiger partial charge in [-0.3, -0.25) is 9.59 Å². The van der Waals surface area contributed by atoms with Crippen LogP contribution in [0, 0.1) is 0 Å². The van der Waals surface area contributed by atoms with Crippen LogP contribution in [0.2, 0.25) is 0 Å². The molecule has 140 valence electrons. The lowest BCUT2D eigenvalue weighted by molar-refractivity contribution is -0.179. The molecule has 0 aromatic rings. The maximum atomic E-state index is 12.6. The van der Waals surface area contributed by atoms with Gasteiger partial charge in [0, 0.05) is 12.8 Å². The van der Waals surface area contributed by atoms with Crippen molar-refractivity contribution in [3.63, 3.8) is 0 Å². The first kappa shape index (κ1) is 22.4. The van der Waals surface area contributed by atoms with Crippen molar-refractivity contribution >= 4 is 11.9 Å². The molecule has 0 aromatic carbocycles. The molecule has 0 radical (unpaired) electrons. The number of halogens is 4. The van der Waals surface area contributed by atoms with Crippen molar-refractivity contribution in [1.82, 2.24) is 0 Å². The van der Waals surface area contributed by atoms with Gasteiger partial charge < -0.3 is 9.47 Å². The average Bonchev–Trinajstić information content (AvgIpc) is 2.52. The summed E-state index contributed by atoms with van der Waals surface area (Å²) in [6, 6.07) is 0. The van der Waals surface area contributed by atoms with Gasteiger partial charge in [0.05, 0.1) is 0 Å². The predicted octanol–water partition coefficient (Wildman–Crippen LogP) is 4.28. The van der Waals surface area contributed by atoms with Crippen LogP contribution in [0.4, 0.5) is 17.6 Å². The molecule has 0 rings (SSSR count). The summed E-state index contributed by atoms with van der Waals surface area (Å²) in [5.74, 6) is -5.97. The van der Waals surface area contributed by atoms with Crippen LogP contribution in [0.15, 0.2) is 12.7 Å². The molecule has 1 atom stereocenters. The highest BCUT2D eigenvalue weighted by atomic mass is 19.3. The summed E-state index contributed by atoms with van der Waals surface area (Å²) in [5, 5.41) is 0. The zero-order valence-corrected chi connectivity index (χ0v) is 13.7. The second-order valence-electron chi connectivity index (χ2n) is 5.34. The molecule has 0 aliphatic heterocycles. The van der Waals surface area contributed by atoms with Crippen molar-refractivity contribution in [2.24, 2.45) is 0 Å². The molecule has 0 saturated heterocycles. The number of ether oxygens (including phenoxy) is 2. The normalized spacial score (nSPS) is 12.8. The highest BCUT2D eigenvalue weighted by molar-refractivity contribution is 5.72. The molecule has 8 heteroatoms. The zero-order chi connectivity index (χ0) is 18.6. The smallest absolute Gasteiger partial charge is 0.340 e. The molecule has 0 N–H and O–H groups in total. The van der Waals surface area contributed by atoms with Gasteiger partial charge in [-0.25, -0.2) is 8.78 Å². The van der Waals surface area contributed by atoms with Crippen LogP contribution in [0.1, 0.15) is 51.9 Å². The molecular weight excluding hydrogens is 332 g/mol. The fourth-order valence-corrected chi connectivity index (χ4v) is 1.74. The Morgan fingerprint density at radius 3 is 2.29 bits per heavy atom. The van der Waals surface area contributed by atoms with E-state index in [0.29, 0.717) is 6.42 Å². The van der Waals surface area contributed by atoms with Crippen LogP contribution in [-0.2, 0) is 19.1 Å². The summed E-state index contributed by atoms with van der Waals surface area (Å²) in [5.41, 5.74) is 0. The summed E-state index contributed by atoms with van der Waals surface area (Å²) in [4.78, 5) is 22.8. The highest BCUT2D eigenvalue weighted by Gasteiger charge is 2.42. The van der Waals surface area contributed by atoms with Gasteiger partial charge in [0.1, 0.15) is 6.10 Å². The molecule has 0 aromatic heterocycles. The first-order valence-corrected chi connectivity index (χ1v) is 7.86. The van der Waals surface area contributed by atoms with Crippen LogP contribution in [-0.4, -0.2) is 37.0 Å². The first-order chi connectivity index (χ1) is 11.2. The van der Waals surface area contributed by atoms with Crippen molar-refractivity contribution < 1.29 is 36.6 Å². The van der Waals surface area contributed by atoms with E-state index in [4.69, 9.17) is 4.74 Å². The summed E-state index contributed by atoms with van der Waals surface area (Å²) in [6.07, 6.45) is 0.414. The SMILES string of the molecule is C=CC(CCCCC)OC(=O)CCCC(=O)OCC(F)(F)C(F)F. The predicted molar refractivity (Wildman–Crippen MR) is 80.0 cm³/mol. The van der Waals surface area contributed by atoms with Gasteiger partial charge >= 0.3 is 24.3 Å². The molecule has 1 unspecified atom stereocenters. The van der Waals surface area contributed by atoms with Crippen molar-refractivity contribution in [3.8, 4) is 0 Å². The molecule has 24 heavy (non-hydrogen) atoms. The Kier molecular flexibility index (Phi) is 11.1. The lowest BCUT2D eigenvalue weighted by atomic mass is 10.1.